The summed E-state index contributed by atoms with van der Waals surface area (Å²) in [7, 11) is 6.42. The Bertz CT molecular complexity index is 1380. The van der Waals surface area contributed by atoms with Gasteiger partial charge in [-0.05, 0) is 66.6 Å². The fourth-order valence-corrected chi connectivity index (χ4v) is 6.30. The number of likely N-dealkylation sites (tertiary alicyclic amines) is 1. The topological polar surface area (TPSA) is 88.2 Å². The van der Waals surface area contributed by atoms with Gasteiger partial charge in [-0.3, -0.25) is 14.5 Å². The van der Waals surface area contributed by atoms with Gasteiger partial charge in [0.25, 0.3) is 0 Å². The van der Waals surface area contributed by atoms with Gasteiger partial charge in [0.2, 0.25) is 11.8 Å². The highest BCUT2D eigenvalue weighted by atomic mass is 35.5. The van der Waals surface area contributed by atoms with Crippen molar-refractivity contribution < 1.29 is 23.9 Å². The summed E-state index contributed by atoms with van der Waals surface area (Å²) in [5.74, 6) is 0.522. The zero-order valence-electron chi connectivity index (χ0n) is 22.4. The van der Waals surface area contributed by atoms with Crippen LogP contribution >= 0.6 is 23.4 Å². The maximum Gasteiger partial charge on any atom is 0.329 e. The van der Waals surface area contributed by atoms with Crippen LogP contribution in [0, 0.1) is 6.92 Å². The quantitative estimate of drug-likeness (QED) is 0.389. The molecule has 0 spiro atoms. The van der Waals surface area contributed by atoms with Crippen LogP contribution in [0.15, 0.2) is 71.6 Å². The average Bonchev–Trinajstić information content (AvgIpc) is 3.23. The molecule has 1 heterocycles. The molecule has 4 rings (SSSR count). The molecule has 1 aliphatic heterocycles. The van der Waals surface area contributed by atoms with Crippen LogP contribution in [0.3, 0.4) is 0 Å². The van der Waals surface area contributed by atoms with Crippen LogP contribution in [0.1, 0.15) is 23.6 Å². The molecular weight excluding hydrogens is 538 g/mol. The summed E-state index contributed by atoms with van der Waals surface area (Å²) < 4.78 is 9.26. The van der Waals surface area contributed by atoms with Gasteiger partial charge >= 0.3 is 6.03 Å². The lowest BCUT2D eigenvalue weighted by molar-refractivity contribution is -0.132. The van der Waals surface area contributed by atoms with Gasteiger partial charge in [-0.15, -0.1) is 11.8 Å². The van der Waals surface area contributed by atoms with Crippen molar-refractivity contribution in [2.75, 3.05) is 33.6 Å². The van der Waals surface area contributed by atoms with E-state index in [9.17, 15) is 14.4 Å². The largest absolute Gasteiger partial charge is 0.497 e. The lowest BCUT2D eigenvalue weighted by Gasteiger charge is -2.37. The Kier molecular flexibility index (Phi) is 8.42. The fourth-order valence-electron chi connectivity index (χ4n) is 4.61. The SMILES string of the molecule is COc1ccc(S[C@]2(C(=O)N(C)C)CC(=O)N(C(=O)Nc3ccc(C)c(Cl)c3)[C@@H]2c2ccc(OC)cc2)cc1. The first kappa shape index (κ1) is 28.3. The zero-order chi connectivity index (χ0) is 28.3. The van der Waals surface area contributed by atoms with Crippen molar-refractivity contribution in [1.29, 1.82) is 0 Å². The van der Waals surface area contributed by atoms with Gasteiger partial charge < -0.3 is 19.7 Å². The number of hydrogen-bond acceptors (Lipinski definition) is 6. The number of hydrogen-bond donors (Lipinski definition) is 1. The van der Waals surface area contributed by atoms with E-state index >= 15 is 0 Å². The Morgan fingerprint density at radius 1 is 1.00 bits per heavy atom. The minimum absolute atomic E-state index is 0.181. The molecule has 1 N–H and O–H groups in total. The second-order valence-corrected chi connectivity index (χ2v) is 11.2. The van der Waals surface area contributed by atoms with Crippen molar-refractivity contribution in [2.24, 2.45) is 0 Å². The average molecular weight is 568 g/mol. The number of benzene rings is 3. The molecular formula is C29H30ClN3O5S. The van der Waals surface area contributed by atoms with Crippen LogP contribution in [-0.4, -0.2) is 60.7 Å². The monoisotopic (exact) mass is 567 g/mol. The number of urea groups is 1. The van der Waals surface area contributed by atoms with Crippen LogP contribution in [0.25, 0.3) is 0 Å². The van der Waals surface area contributed by atoms with E-state index < -0.39 is 22.7 Å². The van der Waals surface area contributed by atoms with Gasteiger partial charge in [0.15, 0.2) is 0 Å². The van der Waals surface area contributed by atoms with E-state index in [1.807, 2.05) is 19.1 Å². The number of aryl methyl sites for hydroxylation is 1. The number of carbonyl (C=O) groups excluding carboxylic acids is 3. The van der Waals surface area contributed by atoms with Crippen LogP contribution in [0.5, 0.6) is 11.5 Å². The Morgan fingerprint density at radius 2 is 1.59 bits per heavy atom. The standard InChI is InChI=1S/C29H30ClN3O5S/c1-18-6-9-20(16-24(18)30)31-28(36)33-25(34)17-29(27(35)32(2)3,39-23-14-12-22(38-5)13-15-23)26(33)19-7-10-21(37-4)11-8-19/h6-16,26H,17H2,1-5H3,(H,31,36)/t26-,29-/m1/s1. The third-order valence-corrected chi connectivity index (χ3v) is 8.41. The second-order valence-electron chi connectivity index (χ2n) is 9.38. The van der Waals surface area contributed by atoms with E-state index in [-0.39, 0.29) is 12.3 Å². The van der Waals surface area contributed by atoms with Gasteiger partial charge in [-0.25, -0.2) is 4.79 Å². The summed E-state index contributed by atoms with van der Waals surface area (Å²) in [5.41, 5.74) is 1.92. The van der Waals surface area contributed by atoms with E-state index in [2.05, 4.69) is 5.32 Å². The van der Waals surface area contributed by atoms with Crippen molar-refractivity contribution in [1.82, 2.24) is 9.80 Å². The fraction of sp³-hybridized carbons (Fsp3) is 0.276. The predicted molar refractivity (Wildman–Crippen MR) is 153 cm³/mol. The number of halogens is 1. The molecule has 4 amide bonds. The molecule has 0 aliphatic carbocycles. The van der Waals surface area contributed by atoms with E-state index in [0.717, 1.165) is 15.4 Å². The first-order valence-corrected chi connectivity index (χ1v) is 13.4. The zero-order valence-corrected chi connectivity index (χ0v) is 23.9. The van der Waals surface area contributed by atoms with Crippen molar-refractivity contribution >= 4 is 46.9 Å². The lowest BCUT2D eigenvalue weighted by atomic mass is 9.91. The van der Waals surface area contributed by atoms with Crippen LogP contribution in [-0.2, 0) is 9.59 Å². The third kappa shape index (κ3) is 5.69. The molecule has 0 unspecified atom stereocenters. The van der Waals surface area contributed by atoms with Gasteiger partial charge in [-0.1, -0.05) is 29.8 Å². The molecule has 39 heavy (non-hydrogen) atoms. The van der Waals surface area contributed by atoms with Crippen molar-refractivity contribution in [3.63, 3.8) is 0 Å². The van der Waals surface area contributed by atoms with Crippen molar-refractivity contribution in [2.45, 2.75) is 29.0 Å². The summed E-state index contributed by atoms with van der Waals surface area (Å²) in [4.78, 5) is 44.7. The van der Waals surface area contributed by atoms with Crippen molar-refractivity contribution in [3.05, 3.63) is 82.9 Å². The van der Waals surface area contributed by atoms with Gasteiger partial charge in [0.05, 0.1) is 26.7 Å². The Labute approximate surface area is 237 Å². The molecule has 0 bridgehead atoms. The Hall–Kier alpha value is -3.69. The smallest absolute Gasteiger partial charge is 0.329 e. The minimum atomic E-state index is -1.34. The molecule has 1 aliphatic rings. The first-order valence-electron chi connectivity index (χ1n) is 12.2. The number of carbonyl (C=O) groups is 3. The number of nitrogens with one attached hydrogen (secondary N) is 1. The normalized spacial score (nSPS) is 18.6. The molecule has 1 saturated heterocycles. The highest BCUT2D eigenvalue weighted by Crippen LogP contribution is 2.53. The van der Waals surface area contributed by atoms with E-state index in [1.165, 1.54) is 16.7 Å². The summed E-state index contributed by atoms with van der Waals surface area (Å²) in [6.07, 6.45) is -0.181. The second kappa shape index (κ2) is 11.6. The Balaban J connectivity index is 1.83. The summed E-state index contributed by atoms with van der Waals surface area (Å²) in [6, 6.07) is 17.9. The number of anilines is 1. The van der Waals surface area contributed by atoms with Crippen molar-refractivity contribution in [3.8, 4) is 11.5 Å². The first-order chi connectivity index (χ1) is 18.6. The predicted octanol–water partition coefficient (Wildman–Crippen LogP) is 5.79. The molecule has 0 aromatic heterocycles. The maximum atomic E-state index is 14.0. The maximum absolute atomic E-state index is 14.0. The van der Waals surface area contributed by atoms with E-state index in [1.54, 1.807) is 82.9 Å². The van der Waals surface area contributed by atoms with Gasteiger partial charge in [0.1, 0.15) is 16.2 Å². The number of methoxy groups -OCH3 is 2. The molecule has 0 saturated carbocycles. The van der Waals surface area contributed by atoms with E-state index in [4.69, 9.17) is 21.1 Å². The number of thioether (sulfide) groups is 1. The third-order valence-electron chi connectivity index (χ3n) is 6.58. The van der Waals surface area contributed by atoms with Crippen LogP contribution < -0.4 is 14.8 Å². The summed E-state index contributed by atoms with van der Waals surface area (Å²) >= 11 is 7.53. The number of amides is 4. The molecule has 0 radical (unpaired) electrons. The number of nitrogens with zero attached hydrogens (tertiary/aromatic N) is 2. The summed E-state index contributed by atoms with van der Waals surface area (Å²) in [6.45, 7) is 1.86. The highest BCUT2D eigenvalue weighted by molar-refractivity contribution is 8.01. The number of imide groups is 1. The number of rotatable bonds is 7. The Morgan fingerprint density at radius 3 is 2.13 bits per heavy atom. The molecule has 10 heteroatoms. The summed E-state index contributed by atoms with van der Waals surface area (Å²) in [5, 5.41) is 3.28. The van der Waals surface area contributed by atoms with Crippen LogP contribution in [0.4, 0.5) is 10.5 Å². The van der Waals surface area contributed by atoms with Crippen LogP contribution in [0.2, 0.25) is 5.02 Å². The lowest BCUT2D eigenvalue weighted by Crippen LogP contribution is -2.49. The minimum Gasteiger partial charge on any atom is -0.497 e. The highest BCUT2D eigenvalue weighted by Gasteiger charge is 2.60. The molecule has 3 aromatic rings. The molecule has 1 fully saturated rings. The van der Waals surface area contributed by atoms with Gasteiger partial charge in [-0.2, -0.15) is 0 Å². The number of ether oxygens (including phenoxy) is 2. The molecule has 8 nitrogen and oxygen atoms in total. The molecule has 2 atom stereocenters. The van der Waals surface area contributed by atoms with Gasteiger partial charge in [0, 0.05) is 29.7 Å². The van der Waals surface area contributed by atoms with E-state index in [0.29, 0.717) is 27.8 Å². The molecule has 204 valence electrons. The molecule has 3 aromatic carbocycles.